The van der Waals surface area contributed by atoms with Crippen LogP contribution < -0.4 is 9.64 Å². The Morgan fingerprint density at radius 2 is 1.43 bits per heavy atom. The summed E-state index contributed by atoms with van der Waals surface area (Å²) >= 11 is 0. The lowest BCUT2D eigenvalue weighted by molar-refractivity contribution is -0.136. The third-order valence-corrected chi connectivity index (χ3v) is 7.93. The fourth-order valence-corrected chi connectivity index (χ4v) is 5.88. The highest BCUT2D eigenvalue weighted by atomic mass is 16.5. The Morgan fingerprint density at radius 3 is 2.03 bits per heavy atom. The van der Waals surface area contributed by atoms with E-state index in [0.29, 0.717) is 25.9 Å². The molecule has 0 N–H and O–H groups in total. The number of anilines is 1. The van der Waals surface area contributed by atoms with E-state index in [4.69, 9.17) is 4.74 Å². The third-order valence-electron chi connectivity index (χ3n) is 7.93. The van der Waals surface area contributed by atoms with Crippen LogP contribution in [0.15, 0.2) is 48.5 Å². The molecule has 2 aromatic rings. The number of urea groups is 1. The van der Waals surface area contributed by atoms with Crippen LogP contribution in [0.3, 0.4) is 0 Å². The second-order valence-corrected chi connectivity index (χ2v) is 9.93. The zero-order chi connectivity index (χ0) is 24.4. The fraction of sp³-hybridized carbons (Fsp3) is 0.500. The highest BCUT2D eigenvalue weighted by Crippen LogP contribution is 2.38. The molecule has 5 rings (SSSR count). The van der Waals surface area contributed by atoms with E-state index in [2.05, 4.69) is 34.1 Å². The quantitative estimate of drug-likeness (QED) is 0.563. The summed E-state index contributed by atoms with van der Waals surface area (Å²) in [5, 5.41) is 0. The van der Waals surface area contributed by atoms with Crippen LogP contribution in [-0.2, 0) is 17.9 Å². The van der Waals surface area contributed by atoms with Crippen LogP contribution in [0.1, 0.15) is 43.7 Å². The molecule has 0 atom stereocenters. The molecule has 0 unspecified atom stereocenters. The molecule has 3 amide bonds. The SMILES string of the molecule is CCN1C(=O)N(Cc2ccc(OC)cc2)C(=O)C12CCN(Cc1ccc(N3CCCC3)cc1)CC2. The van der Waals surface area contributed by atoms with E-state index < -0.39 is 5.54 Å². The first-order valence-corrected chi connectivity index (χ1v) is 12.9. The van der Waals surface area contributed by atoms with Gasteiger partial charge in [-0.2, -0.15) is 0 Å². The number of imide groups is 1. The topological polar surface area (TPSA) is 56.3 Å². The molecule has 3 saturated heterocycles. The number of carbonyl (C=O) groups is 2. The number of amides is 3. The summed E-state index contributed by atoms with van der Waals surface area (Å²) < 4.78 is 5.23. The normalized spacial score (nSPS) is 20.3. The molecule has 0 aliphatic carbocycles. The maximum atomic E-state index is 13.6. The summed E-state index contributed by atoms with van der Waals surface area (Å²) in [4.78, 5) is 35.0. The molecule has 3 fully saturated rings. The average Bonchev–Trinajstić information content (AvgIpc) is 3.49. The minimum absolute atomic E-state index is 0.0465. The predicted octanol–water partition coefficient (Wildman–Crippen LogP) is 4.11. The van der Waals surface area contributed by atoms with Gasteiger partial charge in [-0.15, -0.1) is 0 Å². The first kappa shape index (κ1) is 23.7. The number of rotatable bonds is 7. The summed E-state index contributed by atoms with van der Waals surface area (Å²) in [5.41, 5.74) is 2.82. The lowest BCUT2D eigenvalue weighted by Gasteiger charge is -2.42. The molecule has 0 saturated carbocycles. The van der Waals surface area contributed by atoms with Crippen molar-refractivity contribution in [3.63, 3.8) is 0 Å². The van der Waals surface area contributed by atoms with Gasteiger partial charge in [0.15, 0.2) is 0 Å². The maximum absolute atomic E-state index is 13.6. The van der Waals surface area contributed by atoms with Crippen LogP contribution in [-0.4, -0.2) is 72.0 Å². The molecule has 1 spiro atoms. The monoisotopic (exact) mass is 476 g/mol. The van der Waals surface area contributed by atoms with Gasteiger partial charge in [0.25, 0.3) is 5.91 Å². The molecule has 0 aromatic heterocycles. The second-order valence-electron chi connectivity index (χ2n) is 9.93. The Labute approximate surface area is 208 Å². The van der Waals surface area contributed by atoms with Crippen LogP contribution in [0, 0.1) is 0 Å². The number of likely N-dealkylation sites (tertiary alicyclic amines) is 1. The molecular weight excluding hydrogens is 440 g/mol. The Kier molecular flexibility index (Phi) is 6.69. The highest BCUT2D eigenvalue weighted by molar-refractivity contribution is 6.07. The second kappa shape index (κ2) is 9.90. The Bertz CT molecular complexity index is 1040. The summed E-state index contributed by atoms with van der Waals surface area (Å²) in [6.45, 7) is 7.61. The van der Waals surface area contributed by atoms with Crippen LogP contribution in [0.2, 0.25) is 0 Å². The molecule has 35 heavy (non-hydrogen) atoms. The Balaban J connectivity index is 1.23. The molecule has 186 valence electrons. The van der Waals surface area contributed by atoms with E-state index in [1.54, 1.807) is 12.0 Å². The number of likely N-dealkylation sites (N-methyl/N-ethyl adjacent to an activating group) is 1. The molecule has 3 heterocycles. The molecule has 3 aliphatic rings. The van der Waals surface area contributed by atoms with E-state index in [0.717, 1.165) is 44.0 Å². The van der Waals surface area contributed by atoms with Crippen LogP contribution in [0.5, 0.6) is 5.75 Å². The van der Waals surface area contributed by atoms with Crippen LogP contribution in [0.25, 0.3) is 0 Å². The van der Waals surface area contributed by atoms with Gasteiger partial charge in [0.2, 0.25) is 0 Å². The molecular formula is C28H36N4O3. The lowest BCUT2D eigenvalue weighted by atomic mass is 9.85. The number of carbonyl (C=O) groups excluding carboxylic acids is 2. The number of benzene rings is 2. The number of hydrogen-bond donors (Lipinski definition) is 0. The summed E-state index contributed by atoms with van der Waals surface area (Å²) in [6, 6.07) is 16.3. The van der Waals surface area contributed by atoms with Crippen molar-refractivity contribution in [2.24, 2.45) is 0 Å². The number of methoxy groups -OCH3 is 1. The van der Waals surface area contributed by atoms with Crippen LogP contribution >= 0.6 is 0 Å². The predicted molar refractivity (Wildman–Crippen MR) is 136 cm³/mol. The molecule has 7 heteroatoms. The van der Waals surface area contributed by atoms with Gasteiger partial charge in [0.05, 0.1) is 13.7 Å². The minimum Gasteiger partial charge on any atom is -0.497 e. The molecule has 3 aliphatic heterocycles. The Hall–Kier alpha value is -3.06. The van der Waals surface area contributed by atoms with Crippen LogP contribution in [0.4, 0.5) is 10.5 Å². The van der Waals surface area contributed by atoms with Gasteiger partial charge in [-0.25, -0.2) is 4.79 Å². The van der Waals surface area contributed by atoms with Gasteiger partial charge in [-0.05, 0) is 68.0 Å². The molecule has 0 radical (unpaired) electrons. The summed E-state index contributed by atoms with van der Waals surface area (Å²) in [7, 11) is 1.63. The van der Waals surface area contributed by atoms with Crippen molar-refractivity contribution in [2.45, 2.75) is 51.2 Å². The smallest absolute Gasteiger partial charge is 0.327 e. The van der Waals surface area contributed by atoms with Gasteiger partial charge in [-0.1, -0.05) is 24.3 Å². The molecule has 0 bridgehead atoms. The first-order chi connectivity index (χ1) is 17.0. The third kappa shape index (κ3) is 4.49. The summed E-state index contributed by atoms with van der Waals surface area (Å²) in [6.07, 6.45) is 3.92. The van der Waals surface area contributed by atoms with Crippen molar-refractivity contribution in [3.8, 4) is 5.75 Å². The number of piperidine rings is 1. The Morgan fingerprint density at radius 1 is 0.829 bits per heavy atom. The van der Waals surface area contributed by atoms with Gasteiger partial charge >= 0.3 is 6.03 Å². The largest absolute Gasteiger partial charge is 0.497 e. The van der Waals surface area contributed by atoms with Crippen molar-refractivity contribution >= 4 is 17.6 Å². The van der Waals surface area contributed by atoms with Crippen molar-refractivity contribution in [1.29, 1.82) is 0 Å². The van der Waals surface area contributed by atoms with Crippen molar-refractivity contribution < 1.29 is 14.3 Å². The van der Waals surface area contributed by atoms with E-state index >= 15 is 0 Å². The number of nitrogens with zero attached hydrogens (tertiary/aromatic N) is 4. The number of hydrogen-bond acceptors (Lipinski definition) is 5. The maximum Gasteiger partial charge on any atom is 0.327 e. The van der Waals surface area contributed by atoms with E-state index in [-0.39, 0.29) is 11.9 Å². The molecule has 7 nitrogen and oxygen atoms in total. The molecule has 2 aromatic carbocycles. The van der Waals surface area contributed by atoms with Crippen molar-refractivity contribution in [3.05, 3.63) is 59.7 Å². The standard InChI is InChI=1S/C28H36N4O3/c1-3-32-27(34)31(21-23-8-12-25(35-2)13-9-23)26(33)28(32)14-18-29(19-15-28)20-22-6-10-24(11-7-22)30-16-4-5-17-30/h6-13H,3-5,14-21H2,1-2H3. The first-order valence-electron chi connectivity index (χ1n) is 12.9. The van der Waals surface area contributed by atoms with Gasteiger partial charge in [-0.3, -0.25) is 14.6 Å². The van der Waals surface area contributed by atoms with Crippen molar-refractivity contribution in [2.75, 3.05) is 44.7 Å². The van der Waals surface area contributed by atoms with E-state index in [1.165, 1.54) is 29.0 Å². The zero-order valence-electron chi connectivity index (χ0n) is 20.9. The zero-order valence-corrected chi connectivity index (χ0v) is 20.9. The van der Waals surface area contributed by atoms with E-state index in [9.17, 15) is 9.59 Å². The summed E-state index contributed by atoms with van der Waals surface area (Å²) in [5.74, 6) is 0.715. The highest BCUT2D eigenvalue weighted by Gasteiger charge is 2.57. The average molecular weight is 477 g/mol. The van der Waals surface area contributed by atoms with Crippen molar-refractivity contribution in [1.82, 2.24) is 14.7 Å². The fourth-order valence-electron chi connectivity index (χ4n) is 5.88. The number of ether oxygens (including phenoxy) is 1. The minimum atomic E-state index is -0.714. The van der Waals surface area contributed by atoms with Gasteiger partial charge in [0, 0.05) is 45.0 Å². The van der Waals surface area contributed by atoms with Gasteiger partial charge < -0.3 is 14.5 Å². The van der Waals surface area contributed by atoms with E-state index in [1.807, 2.05) is 31.2 Å². The van der Waals surface area contributed by atoms with Gasteiger partial charge in [0.1, 0.15) is 11.3 Å². The lowest BCUT2D eigenvalue weighted by Crippen LogP contribution is -2.56.